The number of nitrogens with two attached hydrogens (primary N) is 1. The van der Waals surface area contributed by atoms with Crippen molar-refractivity contribution in [3.05, 3.63) is 0 Å². The van der Waals surface area contributed by atoms with Gasteiger partial charge < -0.3 is 15.2 Å². The molecule has 0 saturated carbocycles. The topological polar surface area (TPSA) is 47.7 Å². The molecule has 17 heavy (non-hydrogen) atoms. The van der Waals surface area contributed by atoms with Crippen molar-refractivity contribution in [2.24, 2.45) is 5.73 Å². The monoisotopic (exact) mass is 244 g/mol. The van der Waals surface area contributed by atoms with Gasteiger partial charge in [-0.25, -0.2) is 0 Å². The fourth-order valence-electron chi connectivity index (χ4n) is 2.39. The Hall–Kier alpha value is -0.160. The number of nitrogens with zero attached hydrogens (tertiary/aromatic N) is 1. The van der Waals surface area contributed by atoms with Crippen LogP contribution >= 0.6 is 0 Å². The molecule has 1 aliphatic heterocycles. The molecule has 2 N–H and O–H groups in total. The normalized spacial score (nSPS) is 28.2. The predicted molar refractivity (Wildman–Crippen MR) is 70.2 cm³/mol. The van der Waals surface area contributed by atoms with Gasteiger partial charge in [0.2, 0.25) is 0 Å². The first-order valence-corrected chi connectivity index (χ1v) is 6.77. The maximum Gasteiger partial charge on any atom is 0.0674 e. The lowest BCUT2D eigenvalue weighted by Crippen LogP contribution is -2.52. The Bertz CT molecular complexity index is 202. The van der Waals surface area contributed by atoms with Crippen molar-refractivity contribution < 1.29 is 9.47 Å². The first-order valence-electron chi connectivity index (χ1n) is 6.77. The van der Waals surface area contributed by atoms with E-state index in [-0.39, 0.29) is 6.04 Å². The quantitative estimate of drug-likeness (QED) is 0.685. The molecule has 4 heteroatoms. The molecule has 0 amide bonds. The first kappa shape index (κ1) is 14.9. The van der Waals surface area contributed by atoms with E-state index in [4.69, 9.17) is 15.2 Å². The highest BCUT2D eigenvalue weighted by Crippen LogP contribution is 2.15. The standard InChI is InChI=1S/C13H28N2O2/c1-4-13-10-17-11(2)8-15(13)9-12(14)6-5-7-16-3/h11-13H,4-10,14H2,1-3H3. The Morgan fingerprint density at radius 1 is 1.53 bits per heavy atom. The molecule has 0 radical (unpaired) electrons. The summed E-state index contributed by atoms with van der Waals surface area (Å²) < 4.78 is 10.7. The molecule has 0 aromatic carbocycles. The summed E-state index contributed by atoms with van der Waals surface area (Å²) in [6, 6.07) is 0.796. The minimum atomic E-state index is 0.254. The Balaban J connectivity index is 2.30. The molecule has 0 bridgehead atoms. The number of hydrogen-bond donors (Lipinski definition) is 1. The summed E-state index contributed by atoms with van der Waals surface area (Å²) in [5.41, 5.74) is 6.17. The van der Waals surface area contributed by atoms with Crippen LogP contribution in [0.15, 0.2) is 0 Å². The van der Waals surface area contributed by atoms with Crippen molar-refractivity contribution in [2.75, 3.05) is 33.4 Å². The number of ether oxygens (including phenoxy) is 2. The molecule has 4 nitrogen and oxygen atoms in total. The summed E-state index contributed by atoms with van der Waals surface area (Å²) >= 11 is 0. The molecule has 3 atom stereocenters. The molecule has 3 unspecified atom stereocenters. The number of morpholine rings is 1. The maximum atomic E-state index is 6.17. The average molecular weight is 244 g/mol. The first-order chi connectivity index (χ1) is 8.17. The fraction of sp³-hybridized carbons (Fsp3) is 1.00. The summed E-state index contributed by atoms with van der Waals surface area (Å²) in [7, 11) is 1.74. The Labute approximate surface area is 105 Å². The fourth-order valence-corrected chi connectivity index (χ4v) is 2.39. The van der Waals surface area contributed by atoms with E-state index in [2.05, 4.69) is 18.7 Å². The minimum absolute atomic E-state index is 0.254. The SMILES string of the molecule is CCC1COC(C)CN1CC(N)CCCOC. The van der Waals surface area contributed by atoms with E-state index < -0.39 is 0 Å². The summed E-state index contributed by atoms with van der Waals surface area (Å²) in [4.78, 5) is 2.49. The summed E-state index contributed by atoms with van der Waals surface area (Å²) in [6.45, 7) is 8.00. The molecule has 0 aliphatic carbocycles. The number of methoxy groups -OCH3 is 1. The van der Waals surface area contributed by atoms with Crippen molar-refractivity contribution in [1.29, 1.82) is 0 Å². The molecule has 102 valence electrons. The zero-order chi connectivity index (χ0) is 12.7. The minimum Gasteiger partial charge on any atom is -0.385 e. The van der Waals surface area contributed by atoms with Crippen molar-refractivity contribution in [2.45, 2.75) is 51.3 Å². The largest absolute Gasteiger partial charge is 0.385 e. The zero-order valence-electron chi connectivity index (χ0n) is 11.5. The van der Waals surface area contributed by atoms with Gasteiger partial charge in [0.15, 0.2) is 0 Å². The lowest BCUT2D eigenvalue weighted by atomic mass is 10.1. The van der Waals surface area contributed by atoms with Crippen LogP contribution in [0.5, 0.6) is 0 Å². The molecular weight excluding hydrogens is 216 g/mol. The molecule has 1 rings (SSSR count). The van der Waals surface area contributed by atoms with Gasteiger partial charge >= 0.3 is 0 Å². The second-order valence-corrected chi connectivity index (χ2v) is 5.06. The van der Waals surface area contributed by atoms with Crippen molar-refractivity contribution in [1.82, 2.24) is 4.90 Å². The van der Waals surface area contributed by atoms with Gasteiger partial charge in [0.1, 0.15) is 0 Å². The van der Waals surface area contributed by atoms with Crippen molar-refractivity contribution in [3.63, 3.8) is 0 Å². The van der Waals surface area contributed by atoms with Crippen LogP contribution < -0.4 is 5.73 Å². The van der Waals surface area contributed by atoms with Crippen LogP contribution in [0.2, 0.25) is 0 Å². The Morgan fingerprint density at radius 2 is 2.29 bits per heavy atom. The van der Waals surface area contributed by atoms with E-state index in [1.807, 2.05) is 0 Å². The molecule has 1 fully saturated rings. The van der Waals surface area contributed by atoms with Gasteiger partial charge in [-0.05, 0) is 26.2 Å². The molecule has 0 aromatic rings. The zero-order valence-corrected chi connectivity index (χ0v) is 11.5. The molecule has 1 aliphatic rings. The van der Waals surface area contributed by atoms with Gasteiger partial charge in [-0.2, -0.15) is 0 Å². The highest BCUT2D eigenvalue weighted by molar-refractivity contribution is 4.80. The van der Waals surface area contributed by atoms with E-state index in [1.54, 1.807) is 7.11 Å². The molecule has 1 saturated heterocycles. The smallest absolute Gasteiger partial charge is 0.0674 e. The second-order valence-electron chi connectivity index (χ2n) is 5.06. The lowest BCUT2D eigenvalue weighted by Gasteiger charge is -2.39. The molecule has 0 spiro atoms. The van der Waals surface area contributed by atoms with Gasteiger partial charge in [-0.1, -0.05) is 6.92 Å². The molecular formula is C13H28N2O2. The van der Waals surface area contributed by atoms with Crippen molar-refractivity contribution in [3.8, 4) is 0 Å². The van der Waals surface area contributed by atoms with Gasteiger partial charge in [0, 0.05) is 38.9 Å². The van der Waals surface area contributed by atoms with Gasteiger partial charge in [-0.3, -0.25) is 4.90 Å². The number of hydrogen-bond acceptors (Lipinski definition) is 4. The van der Waals surface area contributed by atoms with Crippen LogP contribution in [0.3, 0.4) is 0 Å². The summed E-state index contributed by atoms with van der Waals surface area (Å²) in [5, 5.41) is 0. The van der Waals surface area contributed by atoms with Crippen molar-refractivity contribution >= 4 is 0 Å². The summed E-state index contributed by atoms with van der Waals surface area (Å²) in [6.07, 6.45) is 3.56. The molecule has 1 heterocycles. The lowest BCUT2D eigenvalue weighted by molar-refractivity contribution is -0.0577. The average Bonchev–Trinajstić information content (AvgIpc) is 2.29. The highest BCUT2D eigenvalue weighted by atomic mass is 16.5. The third kappa shape index (κ3) is 5.34. The third-order valence-corrected chi connectivity index (χ3v) is 3.44. The van der Waals surface area contributed by atoms with Crippen LogP contribution in [-0.4, -0.2) is 56.5 Å². The van der Waals surface area contributed by atoms with Gasteiger partial charge in [0.25, 0.3) is 0 Å². The van der Waals surface area contributed by atoms with Gasteiger partial charge in [0.05, 0.1) is 12.7 Å². The second kappa shape index (κ2) is 8.03. The van der Waals surface area contributed by atoms with E-state index >= 15 is 0 Å². The van der Waals surface area contributed by atoms with Crippen LogP contribution in [-0.2, 0) is 9.47 Å². The summed E-state index contributed by atoms with van der Waals surface area (Å²) in [5.74, 6) is 0. The van der Waals surface area contributed by atoms with Crippen LogP contribution in [0, 0.1) is 0 Å². The predicted octanol–water partition coefficient (Wildman–Crippen LogP) is 1.24. The van der Waals surface area contributed by atoms with E-state index in [1.165, 1.54) is 0 Å². The van der Waals surface area contributed by atoms with E-state index in [0.29, 0.717) is 12.1 Å². The number of rotatable bonds is 7. The van der Waals surface area contributed by atoms with Crippen LogP contribution in [0.25, 0.3) is 0 Å². The van der Waals surface area contributed by atoms with Gasteiger partial charge in [-0.15, -0.1) is 0 Å². The third-order valence-electron chi connectivity index (χ3n) is 3.44. The van der Waals surface area contributed by atoms with Crippen LogP contribution in [0.4, 0.5) is 0 Å². The van der Waals surface area contributed by atoms with E-state index in [0.717, 1.165) is 45.6 Å². The van der Waals surface area contributed by atoms with Crippen LogP contribution in [0.1, 0.15) is 33.1 Å². The maximum absolute atomic E-state index is 6.17. The highest BCUT2D eigenvalue weighted by Gasteiger charge is 2.26. The Morgan fingerprint density at radius 3 is 2.94 bits per heavy atom. The van der Waals surface area contributed by atoms with E-state index in [9.17, 15) is 0 Å². The Kier molecular flexibility index (Phi) is 7.04. The molecule has 0 aromatic heterocycles.